The molecule has 0 saturated carbocycles. The highest BCUT2D eigenvalue weighted by Crippen LogP contribution is 2.34. The quantitative estimate of drug-likeness (QED) is 0.486. The van der Waals surface area contributed by atoms with Crippen LogP contribution in [-0.2, 0) is 9.53 Å². The highest BCUT2D eigenvalue weighted by Gasteiger charge is 2.27. The van der Waals surface area contributed by atoms with E-state index >= 15 is 0 Å². The molecule has 0 spiro atoms. The maximum absolute atomic E-state index is 12.4. The first kappa shape index (κ1) is 17.5. The fraction of sp³-hybridized carbons (Fsp3) is 0.0952. The monoisotopic (exact) mass is 407 g/mol. The molecule has 0 aliphatic carbocycles. The number of carbonyl (C=O) groups is 1. The van der Waals surface area contributed by atoms with Crippen LogP contribution in [0.15, 0.2) is 59.2 Å². The fourth-order valence-corrected chi connectivity index (χ4v) is 3.44. The molecule has 3 aromatic rings. The van der Waals surface area contributed by atoms with E-state index < -0.39 is 5.97 Å². The van der Waals surface area contributed by atoms with Gasteiger partial charge in [-0.1, -0.05) is 29.8 Å². The van der Waals surface area contributed by atoms with Gasteiger partial charge in [0, 0.05) is 11.1 Å². The molecule has 3 heterocycles. The van der Waals surface area contributed by atoms with Crippen LogP contribution in [0.1, 0.15) is 16.8 Å². The molecule has 2 aliphatic rings. The predicted molar refractivity (Wildman–Crippen MR) is 106 cm³/mol. The Morgan fingerprint density at radius 2 is 1.90 bits per heavy atom. The molecule has 5 rings (SSSR count). The third-order valence-corrected chi connectivity index (χ3v) is 4.93. The zero-order chi connectivity index (χ0) is 20.0. The number of cyclic esters (lactones) is 1. The van der Waals surface area contributed by atoms with Crippen LogP contribution in [0, 0.1) is 6.92 Å². The topological polar surface area (TPSA) is 74.9 Å². The third kappa shape index (κ3) is 3.05. The molecular formula is C21H14ClN3O4. The number of carbonyl (C=O) groups excluding carboxylic acids is 1. The molecule has 7 nitrogen and oxygen atoms in total. The molecule has 0 fully saturated rings. The van der Waals surface area contributed by atoms with Crippen LogP contribution < -0.4 is 9.47 Å². The summed E-state index contributed by atoms with van der Waals surface area (Å²) >= 11 is 6.53. The van der Waals surface area contributed by atoms with Crippen LogP contribution in [0.25, 0.3) is 11.8 Å². The molecule has 0 saturated heterocycles. The highest BCUT2D eigenvalue weighted by atomic mass is 35.5. The van der Waals surface area contributed by atoms with Gasteiger partial charge in [-0.25, -0.2) is 14.5 Å². The first-order valence-corrected chi connectivity index (χ1v) is 9.21. The minimum absolute atomic E-state index is 0.148. The van der Waals surface area contributed by atoms with E-state index in [1.165, 1.54) is 0 Å². The Labute approximate surface area is 170 Å². The molecule has 0 bridgehead atoms. The summed E-state index contributed by atoms with van der Waals surface area (Å²) in [6, 6.07) is 14.7. The van der Waals surface area contributed by atoms with E-state index in [0.29, 0.717) is 33.5 Å². The molecule has 29 heavy (non-hydrogen) atoms. The van der Waals surface area contributed by atoms with Gasteiger partial charge in [0.15, 0.2) is 17.2 Å². The number of halogens is 1. The number of benzene rings is 2. The Bertz CT molecular complexity index is 1200. The van der Waals surface area contributed by atoms with Crippen molar-refractivity contribution in [3.63, 3.8) is 0 Å². The number of hydrogen-bond donors (Lipinski definition) is 0. The lowest BCUT2D eigenvalue weighted by Gasteiger charge is -2.01. The summed E-state index contributed by atoms with van der Waals surface area (Å²) in [6.45, 7) is 1.99. The average Bonchev–Trinajstić information content (AvgIpc) is 3.42. The smallest absolute Gasteiger partial charge is 0.363 e. The van der Waals surface area contributed by atoms with Crippen molar-refractivity contribution in [3.8, 4) is 17.2 Å². The molecule has 0 unspecified atom stereocenters. The van der Waals surface area contributed by atoms with Gasteiger partial charge in [-0.05, 0) is 43.3 Å². The maximum Gasteiger partial charge on any atom is 0.363 e. The summed E-state index contributed by atoms with van der Waals surface area (Å²) in [5.41, 5.74) is 2.87. The van der Waals surface area contributed by atoms with Gasteiger partial charge in [-0.2, -0.15) is 5.10 Å². The summed E-state index contributed by atoms with van der Waals surface area (Å²) in [7, 11) is 0. The summed E-state index contributed by atoms with van der Waals surface area (Å²) in [6.07, 6.45) is 1.59. The molecule has 0 amide bonds. The summed E-state index contributed by atoms with van der Waals surface area (Å²) in [5.74, 6) is 0.872. The number of hydrogen-bond acceptors (Lipinski definition) is 6. The second-order valence-corrected chi connectivity index (χ2v) is 6.80. The standard InChI is InChI=1S/C21H14ClN3O4/c1-12-15(19(22)25(24-12)14-5-3-2-4-6-14)10-16-21(26)29-20(23-16)13-7-8-17-18(9-13)28-11-27-17/h2-10H,11H2,1H3/b16-10+. The number of aryl methyl sites for hydroxylation is 1. The normalized spacial score (nSPS) is 16.3. The molecular weight excluding hydrogens is 394 g/mol. The molecule has 144 valence electrons. The highest BCUT2D eigenvalue weighted by molar-refractivity contribution is 6.31. The van der Waals surface area contributed by atoms with Crippen molar-refractivity contribution < 1.29 is 19.0 Å². The van der Waals surface area contributed by atoms with Crippen molar-refractivity contribution in [2.45, 2.75) is 6.92 Å². The number of para-hydroxylation sites is 1. The molecule has 0 radical (unpaired) electrons. The number of fused-ring (bicyclic) bond motifs is 1. The van der Waals surface area contributed by atoms with Crippen LogP contribution in [0.3, 0.4) is 0 Å². The first-order valence-electron chi connectivity index (χ1n) is 8.83. The zero-order valence-corrected chi connectivity index (χ0v) is 16.0. The van der Waals surface area contributed by atoms with Crippen molar-refractivity contribution >= 4 is 29.5 Å². The third-order valence-electron chi connectivity index (χ3n) is 4.57. The molecule has 0 N–H and O–H groups in total. The Hall–Kier alpha value is -3.58. The Morgan fingerprint density at radius 1 is 1.10 bits per heavy atom. The lowest BCUT2D eigenvalue weighted by Crippen LogP contribution is -2.05. The Morgan fingerprint density at radius 3 is 2.72 bits per heavy atom. The van der Waals surface area contributed by atoms with Gasteiger partial charge >= 0.3 is 5.97 Å². The van der Waals surface area contributed by atoms with E-state index in [1.807, 2.05) is 37.3 Å². The Balaban J connectivity index is 1.51. The Kier molecular flexibility index (Phi) is 4.10. The van der Waals surface area contributed by atoms with Crippen LogP contribution in [0.5, 0.6) is 11.5 Å². The molecule has 2 aromatic carbocycles. The fourth-order valence-electron chi connectivity index (χ4n) is 3.11. The number of ether oxygens (including phenoxy) is 3. The molecule has 2 aliphatic heterocycles. The van der Waals surface area contributed by atoms with Gasteiger partial charge in [0.2, 0.25) is 12.7 Å². The largest absolute Gasteiger partial charge is 0.454 e. The lowest BCUT2D eigenvalue weighted by molar-refractivity contribution is -0.129. The minimum Gasteiger partial charge on any atom is -0.454 e. The van der Waals surface area contributed by atoms with Crippen LogP contribution in [-0.4, -0.2) is 28.4 Å². The van der Waals surface area contributed by atoms with Gasteiger partial charge in [0.25, 0.3) is 0 Å². The number of rotatable bonds is 3. The number of nitrogens with zero attached hydrogens (tertiary/aromatic N) is 3. The van der Waals surface area contributed by atoms with Gasteiger partial charge in [-0.15, -0.1) is 0 Å². The summed E-state index contributed by atoms with van der Waals surface area (Å²) < 4.78 is 17.6. The molecule has 1 aromatic heterocycles. The number of aromatic nitrogens is 2. The van der Waals surface area contributed by atoms with Crippen molar-refractivity contribution in [1.82, 2.24) is 9.78 Å². The number of esters is 1. The summed E-state index contributed by atoms with van der Waals surface area (Å²) in [4.78, 5) is 16.7. The number of aliphatic imine (C=N–C) groups is 1. The van der Waals surface area contributed by atoms with Crippen molar-refractivity contribution in [1.29, 1.82) is 0 Å². The molecule has 0 atom stereocenters. The average molecular weight is 408 g/mol. The van der Waals surface area contributed by atoms with Gasteiger partial charge < -0.3 is 14.2 Å². The maximum atomic E-state index is 12.4. The van der Waals surface area contributed by atoms with Crippen molar-refractivity contribution in [2.75, 3.05) is 6.79 Å². The van der Waals surface area contributed by atoms with Gasteiger partial charge in [-0.3, -0.25) is 0 Å². The SMILES string of the molecule is Cc1nn(-c2ccccc2)c(Cl)c1/C=C1/N=C(c2ccc3c(c2)OCO3)OC1=O. The van der Waals surface area contributed by atoms with Crippen LogP contribution >= 0.6 is 11.6 Å². The van der Waals surface area contributed by atoms with E-state index in [1.54, 1.807) is 29.0 Å². The van der Waals surface area contributed by atoms with E-state index in [-0.39, 0.29) is 18.4 Å². The van der Waals surface area contributed by atoms with Crippen LogP contribution in [0.2, 0.25) is 5.15 Å². The van der Waals surface area contributed by atoms with Gasteiger partial charge in [0.05, 0.1) is 11.4 Å². The van der Waals surface area contributed by atoms with Gasteiger partial charge in [0.1, 0.15) is 5.15 Å². The van der Waals surface area contributed by atoms with E-state index in [9.17, 15) is 4.79 Å². The van der Waals surface area contributed by atoms with E-state index in [4.69, 9.17) is 25.8 Å². The second kappa shape index (κ2) is 6.79. The second-order valence-electron chi connectivity index (χ2n) is 6.44. The van der Waals surface area contributed by atoms with Crippen LogP contribution in [0.4, 0.5) is 0 Å². The van der Waals surface area contributed by atoms with Crippen molar-refractivity contribution in [3.05, 3.63) is 76.2 Å². The van der Waals surface area contributed by atoms with E-state index in [2.05, 4.69) is 10.1 Å². The van der Waals surface area contributed by atoms with Crippen molar-refractivity contribution in [2.24, 2.45) is 4.99 Å². The minimum atomic E-state index is -0.555. The summed E-state index contributed by atoms with van der Waals surface area (Å²) in [5, 5.41) is 4.86. The predicted octanol–water partition coefficient (Wildman–Crippen LogP) is 3.91. The van der Waals surface area contributed by atoms with E-state index in [0.717, 1.165) is 5.69 Å². The zero-order valence-electron chi connectivity index (χ0n) is 15.3. The molecule has 8 heteroatoms. The lowest BCUT2D eigenvalue weighted by atomic mass is 10.2. The first-order chi connectivity index (χ1) is 14.1.